The zero-order valence-electron chi connectivity index (χ0n) is 14.5. The van der Waals surface area contributed by atoms with E-state index in [2.05, 4.69) is 32.7 Å². The zero-order valence-corrected chi connectivity index (χ0v) is 15.3. The number of hydrogen-bond acceptors (Lipinski definition) is 7. The Labute approximate surface area is 155 Å². The summed E-state index contributed by atoms with van der Waals surface area (Å²) >= 11 is 1.39. The number of nitrogens with one attached hydrogen (secondary N) is 2. The molecule has 0 radical (unpaired) electrons. The van der Waals surface area contributed by atoms with Gasteiger partial charge in [-0.05, 0) is 30.9 Å². The first kappa shape index (κ1) is 16.9. The molecule has 1 fully saturated rings. The van der Waals surface area contributed by atoms with Crippen LogP contribution in [0.4, 0.5) is 20.7 Å². The van der Waals surface area contributed by atoms with Gasteiger partial charge in [0.15, 0.2) is 11.5 Å². The monoisotopic (exact) mass is 375 g/mol. The molecule has 2 amide bonds. The Hall–Kier alpha value is -2.55. The Morgan fingerprint density at radius 2 is 2.08 bits per heavy atom. The number of amides is 2. The van der Waals surface area contributed by atoms with Crippen LogP contribution in [0, 0.1) is 5.92 Å². The Morgan fingerprint density at radius 1 is 1.23 bits per heavy atom. The van der Waals surface area contributed by atoms with Gasteiger partial charge < -0.3 is 19.7 Å². The highest BCUT2D eigenvalue weighted by Gasteiger charge is 2.20. The Morgan fingerprint density at radius 3 is 2.92 bits per heavy atom. The molecule has 0 aliphatic carbocycles. The number of anilines is 3. The van der Waals surface area contributed by atoms with E-state index in [0.29, 0.717) is 41.4 Å². The predicted molar refractivity (Wildman–Crippen MR) is 101 cm³/mol. The molecule has 1 aromatic carbocycles. The topological polar surface area (TPSA) is 88.6 Å². The van der Waals surface area contributed by atoms with Crippen LogP contribution in [-0.2, 0) is 0 Å². The van der Waals surface area contributed by atoms with Crippen molar-refractivity contribution in [3.05, 3.63) is 18.2 Å². The van der Waals surface area contributed by atoms with E-state index in [0.717, 1.165) is 24.6 Å². The fourth-order valence-electron chi connectivity index (χ4n) is 3.14. The molecule has 1 aromatic heterocycles. The average molecular weight is 375 g/mol. The number of hydrogen-bond donors (Lipinski definition) is 2. The molecule has 0 bridgehead atoms. The molecule has 4 rings (SSSR count). The van der Waals surface area contributed by atoms with E-state index in [4.69, 9.17) is 9.47 Å². The third-order valence-corrected chi connectivity index (χ3v) is 5.26. The molecule has 0 spiro atoms. The molecular formula is C17H21N5O3S. The lowest BCUT2D eigenvalue weighted by molar-refractivity contribution is 0.171. The van der Waals surface area contributed by atoms with Crippen LogP contribution in [0.5, 0.6) is 11.5 Å². The van der Waals surface area contributed by atoms with Crippen molar-refractivity contribution in [3.63, 3.8) is 0 Å². The molecule has 2 aliphatic rings. The number of carbonyl (C=O) groups is 1. The van der Waals surface area contributed by atoms with Gasteiger partial charge >= 0.3 is 6.03 Å². The third-order valence-electron chi connectivity index (χ3n) is 4.36. The van der Waals surface area contributed by atoms with Gasteiger partial charge in [-0.25, -0.2) is 4.79 Å². The van der Waals surface area contributed by atoms with E-state index < -0.39 is 0 Å². The van der Waals surface area contributed by atoms with E-state index in [-0.39, 0.29) is 6.03 Å². The number of aromatic nitrogens is 2. The molecule has 8 nitrogen and oxygen atoms in total. The summed E-state index contributed by atoms with van der Waals surface area (Å²) in [4.78, 5) is 14.5. The summed E-state index contributed by atoms with van der Waals surface area (Å²) < 4.78 is 11.0. The van der Waals surface area contributed by atoms with Crippen LogP contribution in [0.2, 0.25) is 0 Å². The zero-order chi connectivity index (χ0) is 17.9. The minimum absolute atomic E-state index is 0.364. The second-order valence-corrected chi connectivity index (χ2v) is 7.48. The highest BCUT2D eigenvalue weighted by Crippen LogP contribution is 2.33. The van der Waals surface area contributed by atoms with Gasteiger partial charge in [0.2, 0.25) is 10.3 Å². The molecule has 1 saturated heterocycles. The van der Waals surface area contributed by atoms with Gasteiger partial charge in [-0.2, -0.15) is 0 Å². The number of fused-ring (bicyclic) bond motifs is 1. The van der Waals surface area contributed by atoms with Crippen LogP contribution >= 0.6 is 11.3 Å². The van der Waals surface area contributed by atoms with Crippen LogP contribution in [0.1, 0.15) is 19.8 Å². The number of carbonyl (C=O) groups excluding carboxylic acids is 1. The van der Waals surface area contributed by atoms with Crippen molar-refractivity contribution in [1.82, 2.24) is 10.2 Å². The van der Waals surface area contributed by atoms with Crippen molar-refractivity contribution < 1.29 is 14.3 Å². The molecule has 2 aromatic rings. The first-order valence-corrected chi connectivity index (χ1v) is 9.55. The van der Waals surface area contributed by atoms with Gasteiger partial charge in [-0.1, -0.05) is 18.3 Å². The summed E-state index contributed by atoms with van der Waals surface area (Å²) in [5.74, 6) is 1.97. The van der Waals surface area contributed by atoms with Gasteiger partial charge in [0.25, 0.3) is 0 Å². The maximum atomic E-state index is 12.2. The maximum absolute atomic E-state index is 12.2. The SMILES string of the molecule is C[C@@H]1CCCN(c2nnc(NC(=O)Nc3ccc4c(c3)OCCO4)s2)C1. The largest absolute Gasteiger partial charge is 0.486 e. The normalized spacial score (nSPS) is 19.1. The Kier molecular flexibility index (Phi) is 4.79. The number of piperidine rings is 1. The van der Waals surface area contributed by atoms with Crippen LogP contribution in [0.15, 0.2) is 18.2 Å². The van der Waals surface area contributed by atoms with E-state index in [1.165, 1.54) is 17.8 Å². The second-order valence-electron chi connectivity index (χ2n) is 6.52. The van der Waals surface area contributed by atoms with E-state index in [1.54, 1.807) is 18.2 Å². The van der Waals surface area contributed by atoms with Gasteiger partial charge in [-0.15, -0.1) is 10.2 Å². The second kappa shape index (κ2) is 7.36. The van der Waals surface area contributed by atoms with E-state index in [9.17, 15) is 4.79 Å². The Balaban J connectivity index is 1.36. The molecule has 3 heterocycles. The fourth-order valence-corrected chi connectivity index (χ4v) is 3.91. The van der Waals surface area contributed by atoms with Gasteiger partial charge in [0, 0.05) is 24.8 Å². The molecular weight excluding hydrogens is 354 g/mol. The van der Waals surface area contributed by atoms with Gasteiger partial charge in [0.1, 0.15) is 13.2 Å². The molecule has 26 heavy (non-hydrogen) atoms. The van der Waals surface area contributed by atoms with Crippen molar-refractivity contribution in [1.29, 1.82) is 0 Å². The molecule has 0 unspecified atom stereocenters. The van der Waals surface area contributed by atoms with Gasteiger partial charge in [-0.3, -0.25) is 5.32 Å². The van der Waals surface area contributed by atoms with Crippen molar-refractivity contribution in [2.45, 2.75) is 19.8 Å². The standard InChI is InChI=1S/C17H21N5O3S/c1-11-3-2-6-22(10-11)17-21-20-16(26-17)19-15(23)18-12-4-5-13-14(9-12)25-8-7-24-13/h4-5,9,11H,2-3,6-8,10H2,1H3,(H2,18,19,20,23)/t11-/m1/s1. The van der Waals surface area contributed by atoms with E-state index in [1.807, 2.05) is 0 Å². The lowest BCUT2D eigenvalue weighted by atomic mass is 10.0. The molecule has 2 N–H and O–H groups in total. The third kappa shape index (κ3) is 3.82. The highest BCUT2D eigenvalue weighted by molar-refractivity contribution is 7.19. The number of benzene rings is 1. The molecule has 138 valence electrons. The smallest absolute Gasteiger partial charge is 0.325 e. The van der Waals surface area contributed by atoms with Crippen molar-refractivity contribution in [2.75, 3.05) is 41.8 Å². The lowest BCUT2D eigenvalue weighted by Gasteiger charge is -2.29. The summed E-state index contributed by atoms with van der Waals surface area (Å²) in [5.41, 5.74) is 0.626. The van der Waals surface area contributed by atoms with Crippen molar-refractivity contribution >= 4 is 33.3 Å². The predicted octanol–water partition coefficient (Wildman–Crippen LogP) is 3.19. The summed E-state index contributed by atoms with van der Waals surface area (Å²) in [7, 11) is 0. The maximum Gasteiger partial charge on any atom is 0.325 e. The number of nitrogens with zero attached hydrogens (tertiary/aromatic N) is 3. The fraction of sp³-hybridized carbons (Fsp3) is 0.471. The van der Waals surface area contributed by atoms with Gasteiger partial charge in [0.05, 0.1) is 0 Å². The summed E-state index contributed by atoms with van der Waals surface area (Å²) in [6.45, 7) is 5.26. The number of ether oxygens (including phenoxy) is 2. The minimum Gasteiger partial charge on any atom is -0.486 e. The first-order valence-electron chi connectivity index (χ1n) is 8.73. The summed E-state index contributed by atoms with van der Waals surface area (Å²) in [5, 5.41) is 15.1. The van der Waals surface area contributed by atoms with Crippen LogP contribution in [0.3, 0.4) is 0 Å². The van der Waals surface area contributed by atoms with Crippen molar-refractivity contribution in [3.8, 4) is 11.5 Å². The molecule has 9 heteroatoms. The van der Waals surface area contributed by atoms with Crippen molar-refractivity contribution in [2.24, 2.45) is 5.92 Å². The van der Waals surface area contributed by atoms with E-state index >= 15 is 0 Å². The van der Waals surface area contributed by atoms with Crippen LogP contribution in [0.25, 0.3) is 0 Å². The minimum atomic E-state index is -0.364. The van der Waals surface area contributed by atoms with Crippen LogP contribution < -0.4 is 25.0 Å². The first-order chi connectivity index (χ1) is 12.7. The number of rotatable bonds is 3. The summed E-state index contributed by atoms with van der Waals surface area (Å²) in [6.07, 6.45) is 2.41. The number of urea groups is 1. The average Bonchev–Trinajstić information content (AvgIpc) is 3.10. The quantitative estimate of drug-likeness (QED) is 0.856. The molecule has 0 saturated carbocycles. The Bertz CT molecular complexity index is 796. The summed E-state index contributed by atoms with van der Waals surface area (Å²) in [6, 6.07) is 4.93. The molecule has 2 aliphatic heterocycles. The highest BCUT2D eigenvalue weighted by atomic mass is 32.1. The lowest BCUT2D eigenvalue weighted by Crippen LogP contribution is -2.34. The molecule has 1 atom stereocenters. The van der Waals surface area contributed by atoms with Crippen LogP contribution in [-0.4, -0.2) is 42.5 Å².